The van der Waals surface area contributed by atoms with Crippen LogP contribution in [0.3, 0.4) is 0 Å². The lowest BCUT2D eigenvalue weighted by Crippen LogP contribution is -2.54. The molecule has 8 nitrogen and oxygen atoms in total. The molecule has 0 radical (unpaired) electrons. The van der Waals surface area contributed by atoms with Gasteiger partial charge < -0.3 is 25.4 Å². The Morgan fingerprint density at radius 1 is 1.00 bits per heavy atom. The first kappa shape index (κ1) is 29.8. The van der Waals surface area contributed by atoms with Crippen LogP contribution in [0.25, 0.3) is 0 Å². The number of nitrogens with zero attached hydrogens (tertiary/aromatic N) is 1. The first-order valence-electron chi connectivity index (χ1n) is 12.8. The summed E-state index contributed by atoms with van der Waals surface area (Å²) in [5.74, 6) is -0.938. The van der Waals surface area contributed by atoms with Crippen LogP contribution in [0, 0.1) is 13.8 Å². The first-order valence-corrected chi connectivity index (χ1v) is 12.8. The normalized spacial score (nSPS) is 12.8. The third-order valence-corrected chi connectivity index (χ3v) is 5.81. The molecule has 0 fully saturated rings. The second kappa shape index (κ2) is 13.8. The van der Waals surface area contributed by atoms with Gasteiger partial charge in [0.25, 0.3) is 5.91 Å². The van der Waals surface area contributed by atoms with E-state index in [9.17, 15) is 19.5 Å². The quantitative estimate of drug-likeness (QED) is 0.373. The predicted octanol–water partition coefficient (Wildman–Crippen LogP) is 4.89. The Bertz CT molecular complexity index is 1050. The van der Waals surface area contributed by atoms with Crippen molar-refractivity contribution in [3.8, 4) is 0 Å². The maximum atomic E-state index is 13.8. The van der Waals surface area contributed by atoms with Crippen LogP contribution in [-0.4, -0.2) is 52.7 Å². The van der Waals surface area contributed by atoms with Gasteiger partial charge in [0.05, 0.1) is 6.61 Å². The molecule has 0 aliphatic rings. The molecule has 2 atom stereocenters. The summed E-state index contributed by atoms with van der Waals surface area (Å²) in [6, 6.07) is 12.6. The van der Waals surface area contributed by atoms with Gasteiger partial charge in [0.15, 0.2) is 0 Å². The van der Waals surface area contributed by atoms with Crippen molar-refractivity contribution in [2.45, 2.75) is 78.5 Å². The third kappa shape index (κ3) is 9.21. The van der Waals surface area contributed by atoms with Gasteiger partial charge in [-0.15, -0.1) is 0 Å². The lowest BCUT2D eigenvalue weighted by molar-refractivity contribution is -0.141. The number of amides is 3. The Kier molecular flexibility index (Phi) is 11.1. The van der Waals surface area contributed by atoms with E-state index in [-0.39, 0.29) is 12.5 Å². The van der Waals surface area contributed by atoms with Crippen molar-refractivity contribution in [3.63, 3.8) is 0 Å². The first-order chi connectivity index (χ1) is 17.5. The average Bonchev–Trinajstić information content (AvgIpc) is 2.83. The number of aliphatic hydroxyl groups is 1. The minimum Gasteiger partial charge on any atom is -0.444 e. The van der Waals surface area contributed by atoms with Crippen molar-refractivity contribution < 1.29 is 24.2 Å². The van der Waals surface area contributed by atoms with E-state index in [1.807, 2.05) is 62.4 Å². The zero-order chi connectivity index (χ0) is 27.6. The molecule has 0 saturated carbocycles. The van der Waals surface area contributed by atoms with E-state index < -0.39 is 36.3 Å². The summed E-state index contributed by atoms with van der Waals surface area (Å²) >= 11 is 0. The summed E-state index contributed by atoms with van der Waals surface area (Å²) in [6.07, 6.45) is 1.62. The molecule has 0 bridgehead atoms. The molecule has 3 N–H and O–H groups in total. The Hall–Kier alpha value is -3.39. The highest BCUT2D eigenvalue weighted by molar-refractivity contribution is 5.99. The van der Waals surface area contributed by atoms with Gasteiger partial charge in [0.2, 0.25) is 5.91 Å². The third-order valence-electron chi connectivity index (χ3n) is 5.81. The van der Waals surface area contributed by atoms with Crippen molar-refractivity contribution in [2.75, 3.05) is 18.5 Å². The van der Waals surface area contributed by atoms with Crippen LogP contribution in [0.15, 0.2) is 48.5 Å². The lowest BCUT2D eigenvalue weighted by Gasteiger charge is -2.34. The molecular weight excluding hydrogens is 470 g/mol. The van der Waals surface area contributed by atoms with Crippen LogP contribution in [0.1, 0.15) is 69.7 Å². The number of anilines is 1. The van der Waals surface area contributed by atoms with E-state index in [2.05, 4.69) is 17.6 Å². The number of benzene rings is 2. The van der Waals surface area contributed by atoms with Crippen LogP contribution in [0.2, 0.25) is 0 Å². The van der Waals surface area contributed by atoms with Gasteiger partial charge in [-0.2, -0.15) is 0 Å². The minimum absolute atomic E-state index is 0.277. The van der Waals surface area contributed by atoms with Crippen molar-refractivity contribution in [3.05, 3.63) is 65.2 Å². The molecule has 8 heteroatoms. The molecule has 37 heavy (non-hydrogen) atoms. The Labute approximate surface area is 220 Å². The molecule has 3 amide bonds. The number of carbonyl (C=O) groups is 3. The summed E-state index contributed by atoms with van der Waals surface area (Å²) in [6.45, 7) is 10.7. The van der Waals surface area contributed by atoms with Crippen molar-refractivity contribution in [1.82, 2.24) is 10.2 Å². The molecule has 0 aliphatic heterocycles. The number of aliphatic hydroxyl groups excluding tert-OH is 1. The van der Waals surface area contributed by atoms with Gasteiger partial charge in [-0.05, 0) is 58.2 Å². The molecule has 2 aromatic carbocycles. The number of unbranched alkanes of at least 4 members (excludes halogenated alkanes) is 2. The van der Waals surface area contributed by atoms with Gasteiger partial charge in [-0.1, -0.05) is 67.8 Å². The number of alkyl carbamates (subject to hydrolysis) is 1. The second-order valence-electron chi connectivity index (χ2n) is 10.2. The highest BCUT2D eigenvalue weighted by atomic mass is 16.6. The monoisotopic (exact) mass is 511 g/mol. The molecule has 2 aromatic rings. The van der Waals surface area contributed by atoms with Crippen LogP contribution < -0.4 is 10.6 Å². The number of aryl methyl sites for hydroxylation is 2. The number of para-hydroxylation sites is 1. The van der Waals surface area contributed by atoms with Crippen molar-refractivity contribution in [1.29, 1.82) is 0 Å². The largest absolute Gasteiger partial charge is 0.444 e. The molecule has 0 aliphatic carbocycles. The molecule has 0 heterocycles. The highest BCUT2D eigenvalue weighted by Gasteiger charge is 2.36. The summed E-state index contributed by atoms with van der Waals surface area (Å²) < 4.78 is 5.29. The van der Waals surface area contributed by atoms with Gasteiger partial charge >= 0.3 is 6.09 Å². The standard InChI is InChI=1S/C29H41N3O5/c1-7-8-11-18-32(27(35)24(19-33)31-28(36)37-29(4,5)6)25(22-16-14-20(2)15-17-22)26(34)30-23-13-10-9-12-21(23)3/h9-10,12-17,24-25,33H,7-8,11,18-19H2,1-6H3,(H,30,34)(H,31,36). The summed E-state index contributed by atoms with van der Waals surface area (Å²) in [5.41, 5.74) is 2.42. The average molecular weight is 512 g/mol. The molecule has 0 spiro atoms. The number of carbonyl (C=O) groups excluding carboxylic acids is 3. The molecule has 0 aromatic heterocycles. The molecule has 2 unspecified atom stereocenters. The number of ether oxygens (including phenoxy) is 1. The van der Waals surface area contributed by atoms with Crippen molar-refractivity contribution >= 4 is 23.6 Å². The van der Waals surface area contributed by atoms with E-state index in [1.54, 1.807) is 20.8 Å². The van der Waals surface area contributed by atoms with Gasteiger partial charge in [-0.25, -0.2) is 4.79 Å². The fourth-order valence-corrected chi connectivity index (χ4v) is 3.87. The SMILES string of the molecule is CCCCCN(C(=O)C(CO)NC(=O)OC(C)(C)C)C(C(=O)Nc1ccccc1C)c1ccc(C)cc1. The van der Waals surface area contributed by atoms with Gasteiger partial charge in [0, 0.05) is 12.2 Å². The topological polar surface area (TPSA) is 108 Å². The maximum absolute atomic E-state index is 13.8. The molecule has 2 rings (SSSR count). The maximum Gasteiger partial charge on any atom is 0.408 e. The van der Waals surface area contributed by atoms with Crippen LogP contribution in [0.5, 0.6) is 0 Å². The summed E-state index contributed by atoms with van der Waals surface area (Å²) in [4.78, 5) is 41.4. The zero-order valence-electron chi connectivity index (χ0n) is 22.8. The van der Waals surface area contributed by atoms with E-state index >= 15 is 0 Å². The van der Waals surface area contributed by atoms with Crippen LogP contribution in [0.4, 0.5) is 10.5 Å². The Morgan fingerprint density at radius 3 is 2.22 bits per heavy atom. The van der Waals surface area contributed by atoms with Crippen molar-refractivity contribution in [2.24, 2.45) is 0 Å². The highest BCUT2D eigenvalue weighted by Crippen LogP contribution is 2.26. The van der Waals surface area contributed by atoms with Crippen LogP contribution >= 0.6 is 0 Å². The second-order valence-corrected chi connectivity index (χ2v) is 10.2. The molecule has 0 saturated heterocycles. The fourth-order valence-electron chi connectivity index (χ4n) is 3.87. The van der Waals surface area contributed by atoms with Crippen LogP contribution in [-0.2, 0) is 14.3 Å². The number of hydrogen-bond donors (Lipinski definition) is 3. The summed E-state index contributed by atoms with van der Waals surface area (Å²) in [5, 5.41) is 15.5. The van der Waals surface area contributed by atoms with E-state index in [0.717, 1.165) is 24.0 Å². The lowest BCUT2D eigenvalue weighted by atomic mass is 10.0. The number of hydrogen-bond acceptors (Lipinski definition) is 5. The predicted molar refractivity (Wildman–Crippen MR) is 145 cm³/mol. The summed E-state index contributed by atoms with van der Waals surface area (Å²) in [7, 11) is 0. The molecular formula is C29H41N3O5. The Morgan fingerprint density at radius 2 is 1.65 bits per heavy atom. The van der Waals surface area contributed by atoms with E-state index in [0.29, 0.717) is 17.7 Å². The van der Waals surface area contributed by atoms with Gasteiger partial charge in [0.1, 0.15) is 17.7 Å². The zero-order valence-corrected chi connectivity index (χ0v) is 22.8. The van der Waals surface area contributed by atoms with Gasteiger partial charge in [-0.3, -0.25) is 9.59 Å². The number of rotatable bonds is 11. The fraction of sp³-hybridized carbons (Fsp3) is 0.483. The molecule has 202 valence electrons. The smallest absolute Gasteiger partial charge is 0.408 e. The van der Waals surface area contributed by atoms with E-state index in [1.165, 1.54) is 4.90 Å². The Balaban J connectivity index is 2.47. The van der Waals surface area contributed by atoms with E-state index in [4.69, 9.17) is 4.74 Å². The number of nitrogens with one attached hydrogen (secondary N) is 2. The minimum atomic E-state index is -1.27.